The molecule has 4 N–H and O–H groups in total. The molecule has 0 radical (unpaired) electrons. The first-order valence-electron chi connectivity index (χ1n) is 26.4. The standard InChI is InChI=1S/C53H96O11/c1-3-5-7-9-11-13-15-17-19-21-23-25-27-29-31-33-35-37-39-41-46(54)61-43-45(44-62-53-50(58)48(56)49(57)51(64-53)52(59)60)63-47(55)42-40-38-36-34-32-30-28-26-24-22-20-18-16-14-12-10-8-6-4-2/h11,13,17,19,45,48-51,53,56-58H,3-10,12,14-16,18,20-44H2,1-2H3,(H,59,60)/b13-11-,19-17-. The second-order valence-corrected chi connectivity index (χ2v) is 18.4. The Kier molecular flexibility index (Phi) is 40.4. The monoisotopic (exact) mass is 909 g/mol. The van der Waals surface area contributed by atoms with E-state index in [9.17, 15) is 34.8 Å². The van der Waals surface area contributed by atoms with Gasteiger partial charge in [-0.2, -0.15) is 0 Å². The third kappa shape index (κ3) is 34.1. The molecule has 0 aromatic rings. The number of esters is 2. The van der Waals surface area contributed by atoms with Gasteiger partial charge >= 0.3 is 17.9 Å². The lowest BCUT2D eigenvalue weighted by Crippen LogP contribution is -2.60. The smallest absolute Gasteiger partial charge is 0.335 e. The summed E-state index contributed by atoms with van der Waals surface area (Å²) in [5, 5.41) is 40.0. The summed E-state index contributed by atoms with van der Waals surface area (Å²) < 4.78 is 21.8. The van der Waals surface area contributed by atoms with E-state index in [1.165, 1.54) is 154 Å². The first-order valence-corrected chi connectivity index (χ1v) is 26.4. The van der Waals surface area contributed by atoms with Gasteiger partial charge in [0.25, 0.3) is 0 Å². The average molecular weight is 909 g/mol. The lowest BCUT2D eigenvalue weighted by Gasteiger charge is -2.38. The Morgan fingerprint density at radius 1 is 0.484 bits per heavy atom. The topological polar surface area (TPSA) is 169 Å². The van der Waals surface area contributed by atoms with E-state index in [0.717, 1.165) is 51.4 Å². The van der Waals surface area contributed by atoms with E-state index in [1.54, 1.807) is 0 Å². The molecule has 1 saturated heterocycles. The minimum atomic E-state index is -1.86. The zero-order valence-electron chi connectivity index (χ0n) is 40.8. The summed E-state index contributed by atoms with van der Waals surface area (Å²) in [5.74, 6) is -2.43. The molecule has 0 bridgehead atoms. The molecule has 0 aromatic heterocycles. The van der Waals surface area contributed by atoms with Gasteiger partial charge in [0.05, 0.1) is 6.61 Å². The fraction of sp³-hybridized carbons (Fsp3) is 0.868. The van der Waals surface area contributed by atoms with Crippen LogP contribution in [0.3, 0.4) is 0 Å². The van der Waals surface area contributed by atoms with Crippen LogP contribution in [-0.4, -0.2) is 88.4 Å². The molecule has 1 heterocycles. The summed E-state index contributed by atoms with van der Waals surface area (Å²) in [5.41, 5.74) is 0. The van der Waals surface area contributed by atoms with E-state index in [1.807, 2.05) is 0 Å². The minimum absolute atomic E-state index is 0.187. The number of hydrogen-bond donors (Lipinski definition) is 4. The van der Waals surface area contributed by atoms with Gasteiger partial charge in [-0.1, -0.05) is 212 Å². The van der Waals surface area contributed by atoms with Crippen molar-refractivity contribution >= 4 is 17.9 Å². The van der Waals surface area contributed by atoms with Crippen LogP contribution in [0.1, 0.15) is 245 Å². The maximum Gasteiger partial charge on any atom is 0.335 e. The molecule has 64 heavy (non-hydrogen) atoms. The fourth-order valence-electron chi connectivity index (χ4n) is 8.15. The Hall–Kier alpha value is -2.31. The highest BCUT2D eigenvalue weighted by atomic mass is 16.7. The number of carboxylic acids is 1. The first kappa shape index (κ1) is 59.7. The number of rotatable bonds is 45. The molecule has 1 rings (SSSR count). The van der Waals surface area contributed by atoms with Crippen LogP contribution in [0, 0.1) is 0 Å². The third-order valence-corrected chi connectivity index (χ3v) is 12.3. The van der Waals surface area contributed by atoms with Crippen LogP contribution >= 0.6 is 0 Å². The summed E-state index contributed by atoms with van der Waals surface area (Å²) >= 11 is 0. The number of allylic oxidation sites excluding steroid dienone is 4. The predicted molar refractivity (Wildman–Crippen MR) is 257 cm³/mol. The first-order chi connectivity index (χ1) is 31.2. The van der Waals surface area contributed by atoms with Crippen LogP contribution in [-0.2, 0) is 33.3 Å². The van der Waals surface area contributed by atoms with E-state index in [2.05, 4.69) is 38.2 Å². The Morgan fingerprint density at radius 2 is 0.875 bits per heavy atom. The van der Waals surface area contributed by atoms with Crippen molar-refractivity contribution in [3.05, 3.63) is 24.3 Å². The summed E-state index contributed by atoms with van der Waals surface area (Å²) in [6.45, 7) is 3.83. The van der Waals surface area contributed by atoms with Gasteiger partial charge in [0, 0.05) is 12.8 Å². The average Bonchev–Trinajstić information content (AvgIpc) is 3.28. The molecule has 6 atom stereocenters. The van der Waals surface area contributed by atoms with Crippen molar-refractivity contribution < 1.29 is 53.8 Å². The van der Waals surface area contributed by atoms with E-state index in [-0.39, 0.29) is 26.1 Å². The maximum absolute atomic E-state index is 12.8. The number of unbranched alkanes of at least 4 members (excludes halogenated alkanes) is 30. The van der Waals surface area contributed by atoms with Crippen LogP contribution in [0.5, 0.6) is 0 Å². The highest BCUT2D eigenvalue weighted by Crippen LogP contribution is 2.23. The number of aliphatic carboxylic acids is 1. The molecule has 0 amide bonds. The van der Waals surface area contributed by atoms with Gasteiger partial charge in [-0.05, 0) is 44.9 Å². The van der Waals surface area contributed by atoms with Gasteiger partial charge < -0.3 is 39.4 Å². The van der Waals surface area contributed by atoms with Crippen LogP contribution < -0.4 is 0 Å². The SMILES string of the molecule is CCCCC/C=C\C/C=C\CCCCCCCCCCCC(=O)OCC(COC1OC(C(=O)O)C(O)C(O)C1O)OC(=O)CCCCCCCCCCCCCCCCCCCCC. The van der Waals surface area contributed by atoms with E-state index < -0.39 is 54.7 Å². The number of aliphatic hydroxyl groups is 3. The molecule has 0 saturated carbocycles. The number of carbonyl (C=O) groups is 3. The van der Waals surface area contributed by atoms with Crippen molar-refractivity contribution in [3.63, 3.8) is 0 Å². The van der Waals surface area contributed by atoms with Crippen molar-refractivity contribution in [2.45, 2.75) is 282 Å². The largest absolute Gasteiger partial charge is 0.479 e. The molecule has 0 aromatic carbocycles. The van der Waals surface area contributed by atoms with Gasteiger partial charge in [-0.3, -0.25) is 9.59 Å². The molecule has 0 aliphatic carbocycles. The highest BCUT2D eigenvalue weighted by molar-refractivity contribution is 5.73. The van der Waals surface area contributed by atoms with Crippen LogP contribution in [0.4, 0.5) is 0 Å². The molecule has 11 heteroatoms. The Labute approximate surface area is 389 Å². The summed E-state index contributed by atoms with van der Waals surface area (Å²) in [7, 11) is 0. The van der Waals surface area contributed by atoms with Crippen molar-refractivity contribution in [3.8, 4) is 0 Å². The van der Waals surface area contributed by atoms with Gasteiger partial charge in [0.2, 0.25) is 0 Å². The zero-order valence-corrected chi connectivity index (χ0v) is 40.8. The summed E-state index contributed by atoms with van der Waals surface area (Å²) in [6.07, 6.45) is 40.8. The predicted octanol–water partition coefficient (Wildman–Crippen LogP) is 12.5. The van der Waals surface area contributed by atoms with Crippen molar-refractivity contribution in [1.29, 1.82) is 0 Å². The van der Waals surface area contributed by atoms with Gasteiger partial charge in [-0.15, -0.1) is 0 Å². The quantitative estimate of drug-likeness (QED) is 0.0261. The van der Waals surface area contributed by atoms with Crippen LogP contribution in [0.25, 0.3) is 0 Å². The molecule has 6 unspecified atom stereocenters. The minimum Gasteiger partial charge on any atom is -0.479 e. The maximum atomic E-state index is 12.8. The van der Waals surface area contributed by atoms with E-state index >= 15 is 0 Å². The Balaban J connectivity index is 2.28. The fourth-order valence-corrected chi connectivity index (χ4v) is 8.15. The molecule has 1 aliphatic heterocycles. The molecule has 0 spiro atoms. The number of hydrogen-bond acceptors (Lipinski definition) is 10. The third-order valence-electron chi connectivity index (χ3n) is 12.3. The molecular formula is C53H96O11. The van der Waals surface area contributed by atoms with E-state index in [4.69, 9.17) is 18.9 Å². The summed E-state index contributed by atoms with van der Waals surface area (Å²) in [4.78, 5) is 37.0. The van der Waals surface area contributed by atoms with Gasteiger partial charge in [0.15, 0.2) is 18.5 Å². The van der Waals surface area contributed by atoms with Crippen molar-refractivity contribution in [1.82, 2.24) is 0 Å². The van der Waals surface area contributed by atoms with Crippen molar-refractivity contribution in [2.24, 2.45) is 0 Å². The number of aliphatic hydroxyl groups excluding tert-OH is 3. The molecule has 11 nitrogen and oxygen atoms in total. The number of carbonyl (C=O) groups excluding carboxylic acids is 2. The Bertz CT molecular complexity index is 1160. The normalized spacial score (nSPS) is 19.4. The highest BCUT2D eigenvalue weighted by Gasteiger charge is 2.47. The lowest BCUT2D eigenvalue weighted by molar-refractivity contribution is -0.298. The second-order valence-electron chi connectivity index (χ2n) is 18.4. The molecule has 1 aliphatic rings. The summed E-state index contributed by atoms with van der Waals surface area (Å²) in [6, 6.07) is 0. The molecular weight excluding hydrogens is 813 g/mol. The van der Waals surface area contributed by atoms with Crippen molar-refractivity contribution in [2.75, 3.05) is 13.2 Å². The number of ether oxygens (including phenoxy) is 4. The van der Waals surface area contributed by atoms with Gasteiger partial charge in [-0.25, -0.2) is 4.79 Å². The molecule has 1 fully saturated rings. The zero-order chi connectivity index (χ0) is 46.7. The number of carboxylic acid groups (broad SMARTS) is 1. The second kappa shape index (κ2) is 43.3. The van der Waals surface area contributed by atoms with Crippen LogP contribution in [0.15, 0.2) is 24.3 Å². The molecule has 374 valence electrons. The lowest BCUT2D eigenvalue weighted by atomic mass is 9.99. The van der Waals surface area contributed by atoms with E-state index in [0.29, 0.717) is 12.8 Å². The van der Waals surface area contributed by atoms with Gasteiger partial charge in [0.1, 0.15) is 24.9 Å². The Morgan fingerprint density at radius 3 is 1.33 bits per heavy atom. The van der Waals surface area contributed by atoms with Crippen LogP contribution in [0.2, 0.25) is 0 Å².